The number of rotatable bonds is 5. The van der Waals surface area contributed by atoms with Crippen LogP contribution >= 0.6 is 0 Å². The van der Waals surface area contributed by atoms with Gasteiger partial charge in [-0.2, -0.15) is 0 Å². The average molecular weight is 338 g/mol. The van der Waals surface area contributed by atoms with Gasteiger partial charge in [-0.05, 0) is 31.5 Å². The van der Waals surface area contributed by atoms with Crippen LogP contribution in [0, 0.1) is 6.92 Å². The molecule has 0 spiro atoms. The summed E-state index contributed by atoms with van der Waals surface area (Å²) in [6, 6.07) is 18.5. The van der Waals surface area contributed by atoms with E-state index in [9.17, 15) is 4.79 Å². The van der Waals surface area contributed by atoms with Crippen molar-refractivity contribution >= 4 is 5.91 Å². The van der Waals surface area contributed by atoms with Crippen molar-refractivity contribution in [1.82, 2.24) is 10.2 Å². The van der Waals surface area contributed by atoms with Crippen molar-refractivity contribution in [3.63, 3.8) is 0 Å². The van der Waals surface area contributed by atoms with Gasteiger partial charge in [0.25, 0.3) is 5.91 Å². The Morgan fingerprint density at radius 3 is 2.76 bits per heavy atom. The molecule has 2 aromatic rings. The van der Waals surface area contributed by atoms with E-state index >= 15 is 0 Å². The maximum Gasteiger partial charge on any atom is 0.251 e. The first kappa shape index (κ1) is 17.6. The molecule has 2 aromatic carbocycles. The van der Waals surface area contributed by atoms with Crippen LogP contribution in [0.4, 0.5) is 0 Å². The number of morpholine rings is 1. The summed E-state index contributed by atoms with van der Waals surface area (Å²) in [7, 11) is 2.05. The second-order valence-electron chi connectivity index (χ2n) is 6.66. The minimum Gasteiger partial charge on any atom is -0.365 e. The van der Waals surface area contributed by atoms with Gasteiger partial charge in [-0.25, -0.2) is 0 Å². The molecule has 1 saturated heterocycles. The molecule has 4 heteroatoms. The number of carbonyl (C=O) groups is 1. The van der Waals surface area contributed by atoms with Crippen molar-refractivity contribution in [2.75, 3.05) is 26.7 Å². The van der Waals surface area contributed by atoms with Gasteiger partial charge in [-0.1, -0.05) is 60.2 Å². The number of benzene rings is 2. The lowest BCUT2D eigenvalue weighted by Gasteiger charge is -2.38. The molecule has 1 amide bonds. The monoisotopic (exact) mass is 338 g/mol. The molecule has 3 rings (SSSR count). The zero-order valence-electron chi connectivity index (χ0n) is 14.9. The molecule has 0 radical (unpaired) electrons. The van der Waals surface area contributed by atoms with E-state index in [4.69, 9.17) is 4.74 Å². The van der Waals surface area contributed by atoms with E-state index in [-0.39, 0.29) is 11.9 Å². The number of carbonyl (C=O) groups excluding carboxylic acids is 1. The summed E-state index contributed by atoms with van der Waals surface area (Å²) in [5.41, 5.74) is 3.59. The largest absolute Gasteiger partial charge is 0.365 e. The number of amides is 1. The summed E-state index contributed by atoms with van der Waals surface area (Å²) in [6.45, 7) is 4.11. The lowest BCUT2D eigenvalue weighted by Crippen LogP contribution is -2.50. The van der Waals surface area contributed by atoms with Crippen molar-refractivity contribution in [3.8, 4) is 0 Å². The van der Waals surface area contributed by atoms with Crippen LogP contribution in [0.15, 0.2) is 54.6 Å². The highest BCUT2D eigenvalue weighted by atomic mass is 16.5. The fourth-order valence-electron chi connectivity index (χ4n) is 3.38. The summed E-state index contributed by atoms with van der Waals surface area (Å²) >= 11 is 0. The van der Waals surface area contributed by atoms with Crippen molar-refractivity contribution in [1.29, 1.82) is 0 Å². The standard InChI is InChI=1S/C21H26N2O2/c1-16-7-6-8-17(15-16)11-12-22-21(24)20-19(23(2)13-14-25-20)18-9-4-3-5-10-18/h3-10,15,19-20H,11-14H2,1-2H3,(H,22,24)/t19-,20+/m0/s1. The summed E-state index contributed by atoms with van der Waals surface area (Å²) < 4.78 is 5.85. The molecule has 25 heavy (non-hydrogen) atoms. The first-order chi connectivity index (χ1) is 12.1. The fraction of sp³-hybridized carbons (Fsp3) is 0.381. The van der Waals surface area contributed by atoms with Crippen LogP contribution in [-0.2, 0) is 16.0 Å². The maximum atomic E-state index is 12.7. The SMILES string of the molecule is Cc1cccc(CCNC(=O)[C@@H]2OCCN(C)[C@H]2c2ccccc2)c1. The van der Waals surface area contributed by atoms with Crippen molar-refractivity contribution in [2.24, 2.45) is 0 Å². The highest BCUT2D eigenvalue weighted by Crippen LogP contribution is 2.28. The van der Waals surface area contributed by atoms with Crippen LogP contribution in [0.1, 0.15) is 22.7 Å². The molecule has 4 nitrogen and oxygen atoms in total. The van der Waals surface area contributed by atoms with E-state index in [1.54, 1.807) is 0 Å². The predicted octanol–water partition coefficient (Wildman–Crippen LogP) is 2.73. The Labute approximate surface area is 149 Å². The molecule has 0 aliphatic carbocycles. The predicted molar refractivity (Wildman–Crippen MR) is 99.4 cm³/mol. The van der Waals surface area contributed by atoms with Crippen molar-refractivity contribution in [2.45, 2.75) is 25.5 Å². The van der Waals surface area contributed by atoms with E-state index < -0.39 is 6.10 Å². The van der Waals surface area contributed by atoms with Gasteiger partial charge >= 0.3 is 0 Å². The molecule has 2 atom stereocenters. The quantitative estimate of drug-likeness (QED) is 0.911. The minimum absolute atomic E-state index is 0.0342. The zero-order chi connectivity index (χ0) is 17.6. The van der Waals surface area contributed by atoms with E-state index in [1.807, 2.05) is 25.2 Å². The third-order valence-corrected chi connectivity index (χ3v) is 4.70. The average Bonchev–Trinajstić information content (AvgIpc) is 2.62. The number of hydrogen-bond donors (Lipinski definition) is 1. The minimum atomic E-state index is -0.473. The van der Waals surface area contributed by atoms with Gasteiger partial charge < -0.3 is 10.1 Å². The molecule has 0 bridgehead atoms. The number of hydrogen-bond acceptors (Lipinski definition) is 3. The van der Waals surface area contributed by atoms with E-state index in [0.29, 0.717) is 13.2 Å². The van der Waals surface area contributed by atoms with E-state index in [0.717, 1.165) is 18.5 Å². The smallest absolute Gasteiger partial charge is 0.251 e. The highest BCUT2D eigenvalue weighted by molar-refractivity contribution is 5.82. The molecule has 1 aliphatic rings. The summed E-state index contributed by atoms with van der Waals surface area (Å²) in [4.78, 5) is 14.9. The Morgan fingerprint density at radius 2 is 2.00 bits per heavy atom. The van der Waals surface area contributed by atoms with Gasteiger partial charge in [0.1, 0.15) is 0 Å². The van der Waals surface area contributed by atoms with Gasteiger partial charge in [0.05, 0.1) is 12.6 Å². The lowest BCUT2D eigenvalue weighted by molar-refractivity contribution is -0.144. The van der Waals surface area contributed by atoms with Gasteiger partial charge in [0, 0.05) is 13.1 Å². The Morgan fingerprint density at radius 1 is 1.20 bits per heavy atom. The molecule has 0 aromatic heterocycles. The molecule has 1 aliphatic heterocycles. The van der Waals surface area contributed by atoms with Gasteiger partial charge in [-0.15, -0.1) is 0 Å². The zero-order valence-corrected chi connectivity index (χ0v) is 14.9. The van der Waals surface area contributed by atoms with Gasteiger partial charge in [0.2, 0.25) is 0 Å². The van der Waals surface area contributed by atoms with E-state index in [1.165, 1.54) is 11.1 Å². The molecular weight excluding hydrogens is 312 g/mol. The van der Waals surface area contributed by atoms with Crippen LogP contribution in [-0.4, -0.2) is 43.7 Å². The molecule has 1 fully saturated rings. The van der Waals surface area contributed by atoms with Crippen LogP contribution in [0.5, 0.6) is 0 Å². The third kappa shape index (κ3) is 4.47. The number of nitrogens with zero attached hydrogens (tertiary/aromatic N) is 1. The van der Waals surface area contributed by atoms with Gasteiger partial charge in [-0.3, -0.25) is 9.69 Å². The Balaban J connectivity index is 1.63. The summed E-state index contributed by atoms with van der Waals surface area (Å²) in [6.07, 6.45) is 0.352. The second-order valence-corrected chi connectivity index (χ2v) is 6.66. The van der Waals surface area contributed by atoms with Crippen molar-refractivity contribution in [3.05, 3.63) is 71.3 Å². The van der Waals surface area contributed by atoms with Crippen LogP contribution in [0.2, 0.25) is 0 Å². The van der Waals surface area contributed by atoms with Crippen molar-refractivity contribution < 1.29 is 9.53 Å². The van der Waals surface area contributed by atoms with Crippen LogP contribution in [0.25, 0.3) is 0 Å². The van der Waals surface area contributed by atoms with Gasteiger partial charge in [0.15, 0.2) is 6.10 Å². The number of ether oxygens (including phenoxy) is 1. The molecule has 132 valence electrons. The molecular formula is C21H26N2O2. The lowest BCUT2D eigenvalue weighted by atomic mass is 9.98. The molecule has 1 N–H and O–H groups in total. The molecule has 1 heterocycles. The summed E-state index contributed by atoms with van der Waals surface area (Å²) in [5.74, 6) is -0.0342. The van der Waals surface area contributed by atoms with E-state index in [2.05, 4.69) is 53.5 Å². The third-order valence-electron chi connectivity index (χ3n) is 4.70. The Bertz CT molecular complexity index is 702. The van der Waals surface area contributed by atoms with Crippen LogP contribution < -0.4 is 5.32 Å². The number of likely N-dealkylation sites (N-methyl/N-ethyl adjacent to an activating group) is 1. The summed E-state index contributed by atoms with van der Waals surface area (Å²) in [5, 5.41) is 3.05. The fourth-order valence-corrected chi connectivity index (χ4v) is 3.38. The van der Waals surface area contributed by atoms with Crippen LogP contribution in [0.3, 0.4) is 0 Å². The normalized spacial score (nSPS) is 21.0. The maximum absolute atomic E-state index is 12.7. The second kappa shape index (κ2) is 8.28. The Kier molecular flexibility index (Phi) is 5.84. The first-order valence-electron chi connectivity index (χ1n) is 8.85. The molecule has 0 unspecified atom stereocenters. The number of aryl methyl sites for hydroxylation is 1. The Hall–Kier alpha value is -2.17. The topological polar surface area (TPSA) is 41.6 Å². The number of nitrogens with one attached hydrogen (secondary N) is 1. The molecule has 0 saturated carbocycles. The highest BCUT2D eigenvalue weighted by Gasteiger charge is 2.36. The first-order valence-corrected chi connectivity index (χ1v) is 8.85.